The van der Waals surface area contributed by atoms with Crippen LogP contribution in [0.4, 0.5) is 0 Å². The van der Waals surface area contributed by atoms with Gasteiger partial charge in [-0.3, -0.25) is 14.2 Å². The van der Waals surface area contributed by atoms with Gasteiger partial charge in [-0.2, -0.15) is 0 Å². The molecule has 2 bridgehead atoms. The minimum Gasteiger partial charge on any atom is -0.493 e. The van der Waals surface area contributed by atoms with E-state index >= 15 is 0 Å². The predicted molar refractivity (Wildman–Crippen MR) is 171 cm³/mol. The Morgan fingerprint density at radius 2 is 1.87 bits per heavy atom. The summed E-state index contributed by atoms with van der Waals surface area (Å²) in [6, 6.07) is 7.50. The van der Waals surface area contributed by atoms with E-state index < -0.39 is 28.9 Å². The quantitative estimate of drug-likeness (QED) is 0.264. The van der Waals surface area contributed by atoms with E-state index in [1.165, 1.54) is 42.2 Å². The van der Waals surface area contributed by atoms with Gasteiger partial charge in [0.05, 0.1) is 35.7 Å². The van der Waals surface area contributed by atoms with Crippen LogP contribution in [0.5, 0.6) is 5.75 Å². The number of amides is 1. The number of piperidine rings is 1. The Morgan fingerprint density at radius 3 is 2.48 bits per heavy atom. The number of aryl methyl sites for hydroxylation is 1. The molecule has 1 aliphatic heterocycles. The third-order valence-electron chi connectivity index (χ3n) is 9.35. The van der Waals surface area contributed by atoms with Crippen LogP contribution in [0, 0.1) is 18.8 Å². The lowest BCUT2D eigenvalue weighted by molar-refractivity contribution is -0.146. The zero-order chi connectivity index (χ0) is 32.9. The van der Waals surface area contributed by atoms with Gasteiger partial charge in [0.2, 0.25) is 11.8 Å². The smallest absolute Gasteiger partial charge is 0.333 e. The summed E-state index contributed by atoms with van der Waals surface area (Å²) in [6.45, 7) is 9.48. The summed E-state index contributed by atoms with van der Waals surface area (Å²) in [5.41, 5.74) is -2.04. The van der Waals surface area contributed by atoms with E-state index in [1.807, 2.05) is 36.1 Å². The molecule has 3 atom stereocenters. The summed E-state index contributed by atoms with van der Waals surface area (Å²) in [5.74, 6) is -0.120. The van der Waals surface area contributed by atoms with Crippen LogP contribution in [0.1, 0.15) is 57.8 Å². The molecule has 0 radical (unpaired) electrons. The van der Waals surface area contributed by atoms with Crippen molar-refractivity contribution in [1.29, 1.82) is 0 Å². The number of carboxylic acid groups (broad SMARTS) is 1. The summed E-state index contributed by atoms with van der Waals surface area (Å²) in [5, 5.41) is 10.4. The van der Waals surface area contributed by atoms with Crippen molar-refractivity contribution in [3.05, 3.63) is 68.7 Å². The van der Waals surface area contributed by atoms with Crippen molar-refractivity contribution in [3.8, 4) is 16.5 Å². The highest BCUT2D eigenvalue weighted by Crippen LogP contribution is 2.43. The van der Waals surface area contributed by atoms with Crippen LogP contribution >= 0.6 is 11.3 Å². The third-order valence-corrected chi connectivity index (χ3v) is 10.7. The molecule has 4 heterocycles. The van der Waals surface area contributed by atoms with E-state index in [2.05, 4.69) is 4.98 Å². The fourth-order valence-corrected chi connectivity index (χ4v) is 8.13. The molecule has 1 amide bonds. The molecule has 1 aromatic carbocycles. The molecule has 2 fully saturated rings. The van der Waals surface area contributed by atoms with Crippen molar-refractivity contribution in [2.24, 2.45) is 11.8 Å². The number of nitrogens with zero attached hydrogens (tertiary/aromatic N) is 4. The summed E-state index contributed by atoms with van der Waals surface area (Å²) in [7, 11) is 0. The first-order chi connectivity index (χ1) is 21.9. The number of carbonyl (C=O) groups is 2. The lowest BCUT2D eigenvalue weighted by Gasteiger charge is -2.39. The Bertz CT molecular complexity index is 1890. The van der Waals surface area contributed by atoms with Gasteiger partial charge in [0, 0.05) is 37.4 Å². The van der Waals surface area contributed by atoms with E-state index in [0.717, 1.165) is 23.0 Å². The fraction of sp³-hybridized carbons (Fsp3) is 0.485. The molecule has 4 aromatic rings. The van der Waals surface area contributed by atoms with Crippen LogP contribution < -0.4 is 16.0 Å². The first-order valence-electron chi connectivity index (χ1n) is 15.5. The topological polar surface area (TPSA) is 146 Å². The number of thiophene rings is 1. The van der Waals surface area contributed by atoms with Gasteiger partial charge in [-0.1, -0.05) is 18.2 Å². The van der Waals surface area contributed by atoms with Crippen molar-refractivity contribution in [1.82, 2.24) is 19.0 Å². The molecule has 12 nitrogen and oxygen atoms in total. The first-order valence-corrected chi connectivity index (χ1v) is 16.3. The maximum absolute atomic E-state index is 14.4. The van der Waals surface area contributed by atoms with E-state index in [-0.39, 0.29) is 35.8 Å². The number of hydrogen-bond donors (Lipinski definition) is 1. The lowest BCUT2D eigenvalue weighted by Crippen LogP contribution is -2.53. The summed E-state index contributed by atoms with van der Waals surface area (Å²) >= 11 is 1.19. The Hall–Kier alpha value is -4.23. The largest absolute Gasteiger partial charge is 0.493 e. The van der Waals surface area contributed by atoms with Crippen LogP contribution in [0.15, 0.2) is 50.7 Å². The first kappa shape index (κ1) is 31.7. The number of aliphatic carboxylic acids is 1. The van der Waals surface area contributed by atoms with Crippen molar-refractivity contribution in [2.75, 3.05) is 19.7 Å². The molecule has 3 unspecified atom stereocenters. The summed E-state index contributed by atoms with van der Waals surface area (Å²) in [6.07, 6.45) is 3.90. The maximum Gasteiger partial charge on any atom is 0.333 e. The third kappa shape index (κ3) is 5.34. The predicted octanol–water partition coefficient (Wildman–Crippen LogP) is 4.42. The number of hydrogen-bond acceptors (Lipinski definition) is 9. The number of carbonyl (C=O) groups excluding carboxylic acids is 1. The average Bonchev–Trinajstić information content (AvgIpc) is 3.71. The van der Waals surface area contributed by atoms with Crippen molar-refractivity contribution in [2.45, 2.75) is 71.8 Å². The van der Waals surface area contributed by atoms with Crippen molar-refractivity contribution in [3.63, 3.8) is 0 Å². The van der Waals surface area contributed by atoms with E-state index in [1.54, 1.807) is 13.8 Å². The zero-order valence-electron chi connectivity index (χ0n) is 26.5. The minimum absolute atomic E-state index is 0.0211. The highest BCUT2D eigenvalue weighted by molar-refractivity contribution is 7.22. The van der Waals surface area contributed by atoms with Gasteiger partial charge in [0.15, 0.2) is 0 Å². The standard InChI is InChI=1S/C33H38N4O8S/c1-6-43-23-10-8-7-9-22(23)24(45-26-20-11-12-21(26)16-35(15-20)19(3)38)17-36-30-25(18(2)27(46-30)28-34-13-14-44-28)29(39)37(32(36)42)33(4,5)31(40)41/h7-10,13-14,20-21,24,26H,6,11-12,15-17H2,1-5H3,(H,40,41). The molecule has 1 saturated heterocycles. The Balaban J connectivity index is 1.54. The molecule has 13 heteroatoms. The SMILES string of the molecule is CCOc1ccccc1C(Cn1c(=O)n(C(C)(C)C(=O)O)c(=O)c2c(C)c(-c3ncco3)sc21)OC1C2CCC1CN(C(C)=O)C2. The summed E-state index contributed by atoms with van der Waals surface area (Å²) in [4.78, 5) is 60.1. The van der Waals surface area contributed by atoms with Crippen LogP contribution in [0.2, 0.25) is 0 Å². The maximum atomic E-state index is 14.4. The monoisotopic (exact) mass is 650 g/mol. The number of para-hydroxylation sites is 1. The summed E-state index contributed by atoms with van der Waals surface area (Å²) < 4.78 is 20.8. The average molecular weight is 651 g/mol. The van der Waals surface area contributed by atoms with Gasteiger partial charge >= 0.3 is 11.7 Å². The highest BCUT2D eigenvalue weighted by atomic mass is 32.1. The highest BCUT2D eigenvalue weighted by Gasteiger charge is 2.45. The van der Waals surface area contributed by atoms with Crippen LogP contribution in [0.25, 0.3) is 21.0 Å². The molecule has 2 aliphatic rings. The van der Waals surface area contributed by atoms with Gasteiger partial charge in [-0.25, -0.2) is 19.1 Å². The van der Waals surface area contributed by atoms with Crippen LogP contribution in [-0.4, -0.2) is 61.8 Å². The zero-order valence-corrected chi connectivity index (χ0v) is 27.3. The number of likely N-dealkylation sites (tertiary alicyclic amines) is 1. The molecular formula is C33H38N4O8S. The van der Waals surface area contributed by atoms with Crippen molar-refractivity contribution < 1.29 is 28.6 Å². The number of benzene rings is 1. The Labute approximate surface area is 269 Å². The van der Waals surface area contributed by atoms with Gasteiger partial charge in [0.1, 0.15) is 28.5 Å². The van der Waals surface area contributed by atoms with E-state index in [9.17, 15) is 24.3 Å². The van der Waals surface area contributed by atoms with Crippen LogP contribution in [-0.2, 0) is 26.4 Å². The van der Waals surface area contributed by atoms with Crippen LogP contribution in [0.3, 0.4) is 0 Å². The second-order valence-corrected chi connectivity index (χ2v) is 13.6. The van der Waals surface area contributed by atoms with E-state index in [4.69, 9.17) is 13.9 Å². The number of ether oxygens (including phenoxy) is 2. The molecule has 244 valence electrons. The van der Waals surface area contributed by atoms with Gasteiger partial charge in [-0.15, -0.1) is 11.3 Å². The van der Waals surface area contributed by atoms with Crippen molar-refractivity contribution >= 4 is 33.4 Å². The number of oxazole rings is 1. The molecule has 3 aromatic heterocycles. The number of rotatable bonds is 10. The second-order valence-electron chi connectivity index (χ2n) is 12.6. The van der Waals surface area contributed by atoms with E-state index in [0.29, 0.717) is 46.6 Å². The fourth-order valence-electron chi connectivity index (χ4n) is 6.89. The number of aromatic nitrogens is 3. The van der Waals surface area contributed by atoms with Gasteiger partial charge < -0.3 is 23.9 Å². The number of fused-ring (bicyclic) bond motifs is 3. The molecule has 1 saturated carbocycles. The minimum atomic E-state index is -1.85. The Kier molecular flexibility index (Phi) is 8.40. The molecule has 46 heavy (non-hydrogen) atoms. The number of carboxylic acids is 1. The van der Waals surface area contributed by atoms with Gasteiger partial charge in [-0.05, 0) is 52.2 Å². The molecule has 6 rings (SSSR count). The normalized spacial score (nSPS) is 20.3. The van der Waals surface area contributed by atoms with Gasteiger partial charge in [0.25, 0.3) is 5.56 Å². The Morgan fingerprint density at radius 1 is 1.17 bits per heavy atom. The molecule has 1 aliphatic carbocycles. The second kappa shape index (κ2) is 12.2. The molecule has 0 spiro atoms. The molecule has 1 N–H and O–H groups in total. The lowest BCUT2D eigenvalue weighted by atomic mass is 9.94. The molecular weight excluding hydrogens is 612 g/mol.